The first kappa shape index (κ1) is 12.4. The zero-order valence-corrected chi connectivity index (χ0v) is 9.46. The van der Waals surface area contributed by atoms with Crippen LogP contribution in [-0.4, -0.2) is 25.2 Å². The molecule has 1 rings (SSSR count). The Morgan fingerprint density at radius 2 is 1.25 bits per heavy atom. The lowest BCUT2D eigenvalue weighted by atomic mass is 9.85. The van der Waals surface area contributed by atoms with Crippen LogP contribution in [0.4, 0.5) is 0 Å². The molecule has 0 aromatic heterocycles. The highest BCUT2D eigenvalue weighted by Gasteiger charge is 2.18. The summed E-state index contributed by atoms with van der Waals surface area (Å²) in [4.78, 5) is 34.2. The number of ketones is 3. The highest BCUT2D eigenvalue weighted by atomic mass is 16.1. The van der Waals surface area contributed by atoms with Gasteiger partial charge in [-0.1, -0.05) is 17.6 Å². The van der Waals surface area contributed by atoms with Crippen molar-refractivity contribution in [2.75, 3.05) is 0 Å². The molecule has 0 bridgehead atoms. The van der Waals surface area contributed by atoms with E-state index in [4.69, 9.17) is 7.85 Å². The summed E-state index contributed by atoms with van der Waals surface area (Å²) in [5, 5.41) is 0. The van der Waals surface area contributed by atoms with Gasteiger partial charge in [-0.05, 0) is 20.8 Å². The van der Waals surface area contributed by atoms with Crippen LogP contribution in [0.15, 0.2) is 12.1 Å². The number of rotatable bonds is 3. The summed E-state index contributed by atoms with van der Waals surface area (Å²) in [5.74, 6) is -0.865. The monoisotopic (exact) mass is 214 g/mol. The summed E-state index contributed by atoms with van der Waals surface area (Å²) >= 11 is 0. The average Bonchev–Trinajstić information content (AvgIpc) is 2.15. The first-order valence-electron chi connectivity index (χ1n) is 4.81. The fourth-order valence-electron chi connectivity index (χ4n) is 1.60. The largest absolute Gasteiger partial charge is 0.294 e. The lowest BCUT2D eigenvalue weighted by Crippen LogP contribution is -2.17. The highest BCUT2D eigenvalue weighted by Crippen LogP contribution is 2.16. The first-order chi connectivity index (χ1) is 7.34. The molecule has 0 heterocycles. The number of hydrogen-bond acceptors (Lipinski definition) is 3. The molecule has 4 heteroatoms. The second-order valence-corrected chi connectivity index (χ2v) is 3.66. The van der Waals surface area contributed by atoms with Crippen LogP contribution in [0.2, 0.25) is 0 Å². The SMILES string of the molecule is [B]c1cc(C(C)=O)c(C(C)=O)c(C(C)=O)c1. The van der Waals surface area contributed by atoms with Crippen molar-refractivity contribution in [2.45, 2.75) is 20.8 Å². The quantitative estimate of drug-likeness (QED) is 0.558. The van der Waals surface area contributed by atoms with Gasteiger partial charge in [0.15, 0.2) is 17.3 Å². The summed E-state index contributed by atoms with van der Waals surface area (Å²) < 4.78 is 0. The van der Waals surface area contributed by atoms with Crippen LogP contribution in [0.25, 0.3) is 0 Å². The van der Waals surface area contributed by atoms with Crippen molar-refractivity contribution in [1.29, 1.82) is 0 Å². The van der Waals surface area contributed by atoms with Gasteiger partial charge in [0, 0.05) is 16.7 Å². The third kappa shape index (κ3) is 2.27. The van der Waals surface area contributed by atoms with Gasteiger partial charge in [-0.15, -0.1) is 0 Å². The lowest BCUT2D eigenvalue weighted by molar-refractivity contribution is 0.0968. The smallest absolute Gasteiger partial charge is 0.161 e. The van der Waals surface area contributed by atoms with Crippen LogP contribution < -0.4 is 5.46 Å². The molecule has 0 aliphatic heterocycles. The van der Waals surface area contributed by atoms with Crippen molar-refractivity contribution in [3.05, 3.63) is 28.8 Å². The van der Waals surface area contributed by atoms with Gasteiger partial charge in [-0.25, -0.2) is 0 Å². The van der Waals surface area contributed by atoms with Crippen LogP contribution in [0.5, 0.6) is 0 Å². The Balaban J connectivity index is 3.67. The number of benzene rings is 1. The Morgan fingerprint density at radius 3 is 1.50 bits per heavy atom. The van der Waals surface area contributed by atoms with Crippen molar-refractivity contribution in [2.24, 2.45) is 0 Å². The summed E-state index contributed by atoms with van der Waals surface area (Å²) in [6.07, 6.45) is 0. The minimum absolute atomic E-state index is 0.161. The molecule has 3 nitrogen and oxygen atoms in total. The lowest BCUT2D eigenvalue weighted by Gasteiger charge is -2.10. The molecule has 0 atom stereocenters. The van der Waals surface area contributed by atoms with Gasteiger partial charge in [-0.2, -0.15) is 0 Å². The maximum Gasteiger partial charge on any atom is 0.161 e. The molecular weight excluding hydrogens is 203 g/mol. The van der Waals surface area contributed by atoms with E-state index in [0.717, 1.165) is 0 Å². The van der Waals surface area contributed by atoms with Crippen molar-refractivity contribution < 1.29 is 14.4 Å². The molecule has 0 aliphatic carbocycles. The molecule has 16 heavy (non-hydrogen) atoms. The van der Waals surface area contributed by atoms with Crippen LogP contribution in [-0.2, 0) is 0 Å². The van der Waals surface area contributed by atoms with Crippen LogP contribution in [0.1, 0.15) is 51.8 Å². The number of hydrogen-bond donors (Lipinski definition) is 0. The van der Waals surface area contributed by atoms with Gasteiger partial charge in [0.05, 0.1) is 0 Å². The summed E-state index contributed by atoms with van der Waals surface area (Å²) in [6.45, 7) is 4.00. The van der Waals surface area contributed by atoms with Gasteiger partial charge < -0.3 is 0 Å². The minimum atomic E-state index is -0.310. The molecule has 1 aromatic rings. The fourth-order valence-corrected chi connectivity index (χ4v) is 1.60. The van der Waals surface area contributed by atoms with E-state index in [0.29, 0.717) is 5.46 Å². The topological polar surface area (TPSA) is 51.2 Å². The highest BCUT2D eigenvalue weighted by molar-refractivity contribution is 6.34. The maximum atomic E-state index is 11.5. The van der Waals surface area contributed by atoms with Crippen molar-refractivity contribution in [1.82, 2.24) is 0 Å². The summed E-state index contributed by atoms with van der Waals surface area (Å²) in [5.41, 5.74) is 0.880. The van der Waals surface area contributed by atoms with Crippen LogP contribution in [0, 0.1) is 0 Å². The summed E-state index contributed by atoms with van der Waals surface area (Å²) in [6, 6.07) is 2.84. The second kappa shape index (κ2) is 4.43. The number of carbonyl (C=O) groups is 3. The second-order valence-electron chi connectivity index (χ2n) is 3.66. The van der Waals surface area contributed by atoms with E-state index in [1.807, 2.05) is 0 Å². The zero-order chi connectivity index (χ0) is 12.5. The van der Waals surface area contributed by atoms with E-state index in [-0.39, 0.29) is 34.0 Å². The molecule has 2 radical (unpaired) electrons. The van der Waals surface area contributed by atoms with Crippen LogP contribution >= 0.6 is 0 Å². The minimum Gasteiger partial charge on any atom is -0.294 e. The molecular formula is C12H11BO3. The molecule has 0 saturated carbocycles. The maximum absolute atomic E-state index is 11.5. The Bertz CT molecular complexity index is 454. The van der Waals surface area contributed by atoms with Gasteiger partial charge in [0.2, 0.25) is 0 Å². The van der Waals surface area contributed by atoms with Gasteiger partial charge >= 0.3 is 0 Å². The van der Waals surface area contributed by atoms with Crippen LogP contribution in [0.3, 0.4) is 0 Å². The van der Waals surface area contributed by atoms with Gasteiger partial charge in [0.25, 0.3) is 0 Å². The molecule has 80 valence electrons. The standard InChI is InChI=1S/C12H11BO3/c1-6(14)10-4-9(13)5-11(7(2)15)12(10)8(3)16/h4-5H,1-3H3. The zero-order valence-electron chi connectivity index (χ0n) is 9.46. The average molecular weight is 214 g/mol. The van der Waals surface area contributed by atoms with Gasteiger partial charge in [0.1, 0.15) is 7.85 Å². The molecule has 0 amide bonds. The Morgan fingerprint density at radius 1 is 0.875 bits per heavy atom. The van der Waals surface area contributed by atoms with E-state index < -0.39 is 0 Å². The number of carbonyl (C=O) groups excluding carboxylic acids is 3. The third-order valence-corrected chi connectivity index (χ3v) is 2.27. The number of Topliss-reactive ketones (excluding diaryl/α,β-unsaturated/α-hetero) is 3. The van der Waals surface area contributed by atoms with Crippen molar-refractivity contribution >= 4 is 30.7 Å². The van der Waals surface area contributed by atoms with E-state index in [2.05, 4.69) is 0 Å². The predicted octanol–water partition coefficient (Wildman–Crippen LogP) is 1.09. The van der Waals surface area contributed by atoms with Crippen molar-refractivity contribution in [3.63, 3.8) is 0 Å². The Labute approximate surface area is 95.3 Å². The fraction of sp³-hybridized carbons (Fsp3) is 0.250. The summed E-state index contributed by atoms with van der Waals surface area (Å²) in [7, 11) is 5.59. The normalized spacial score (nSPS) is 9.94. The third-order valence-electron chi connectivity index (χ3n) is 2.27. The predicted molar refractivity (Wildman–Crippen MR) is 61.8 cm³/mol. The molecule has 1 aromatic carbocycles. The molecule has 0 spiro atoms. The molecule has 0 N–H and O–H groups in total. The molecule has 0 unspecified atom stereocenters. The Hall–Kier alpha value is -1.71. The van der Waals surface area contributed by atoms with E-state index >= 15 is 0 Å². The Kier molecular flexibility index (Phi) is 3.42. The van der Waals surface area contributed by atoms with Gasteiger partial charge in [-0.3, -0.25) is 14.4 Å². The van der Waals surface area contributed by atoms with E-state index in [1.165, 1.54) is 32.9 Å². The molecule has 0 aliphatic rings. The van der Waals surface area contributed by atoms with E-state index in [1.54, 1.807) is 0 Å². The van der Waals surface area contributed by atoms with E-state index in [9.17, 15) is 14.4 Å². The molecule has 0 fully saturated rings. The van der Waals surface area contributed by atoms with Crippen molar-refractivity contribution in [3.8, 4) is 0 Å². The first-order valence-corrected chi connectivity index (χ1v) is 4.81. The molecule has 0 saturated heterocycles.